The van der Waals surface area contributed by atoms with Crippen LogP contribution in [0.5, 0.6) is 0 Å². The molecule has 1 aliphatic heterocycles. The molecular weight excluding hydrogens is 310 g/mol. The highest BCUT2D eigenvalue weighted by Crippen LogP contribution is 2.29. The van der Waals surface area contributed by atoms with Crippen LogP contribution in [0.1, 0.15) is 28.8 Å². The largest absolute Gasteiger partial charge is 0.399 e. The molecule has 3 rings (SSSR count). The van der Waals surface area contributed by atoms with Gasteiger partial charge in [-0.3, -0.25) is 4.79 Å². The summed E-state index contributed by atoms with van der Waals surface area (Å²) in [4.78, 5) is 14.6. The van der Waals surface area contributed by atoms with Crippen molar-refractivity contribution >= 4 is 34.6 Å². The lowest BCUT2D eigenvalue weighted by Gasteiger charge is -2.19. The average Bonchev–Trinajstić information content (AvgIpc) is 3.06. The zero-order valence-corrected chi connectivity index (χ0v) is 13.9. The highest BCUT2D eigenvalue weighted by atomic mass is 35.5. The van der Waals surface area contributed by atoms with E-state index in [0.29, 0.717) is 16.3 Å². The molecule has 1 saturated heterocycles. The third-order valence-electron chi connectivity index (χ3n) is 4.14. The van der Waals surface area contributed by atoms with E-state index in [1.165, 1.54) is 0 Å². The van der Waals surface area contributed by atoms with Crippen LogP contribution < -0.4 is 11.1 Å². The van der Waals surface area contributed by atoms with Gasteiger partial charge in [-0.25, -0.2) is 0 Å². The van der Waals surface area contributed by atoms with Crippen molar-refractivity contribution < 1.29 is 4.79 Å². The maximum Gasteiger partial charge on any atom is 0.256 e. The fourth-order valence-corrected chi connectivity index (χ4v) is 2.98. The second-order valence-electron chi connectivity index (χ2n) is 5.89. The van der Waals surface area contributed by atoms with Crippen molar-refractivity contribution in [2.75, 3.05) is 24.1 Å². The number of nitrogen functional groups attached to an aromatic ring is 1. The first-order chi connectivity index (χ1) is 11.0. The molecule has 1 amide bonds. The van der Waals surface area contributed by atoms with Crippen LogP contribution in [0, 0.1) is 6.92 Å². The molecule has 0 bridgehead atoms. The maximum absolute atomic E-state index is 12.8. The number of rotatable bonds is 3. The topological polar surface area (TPSA) is 58.4 Å². The SMILES string of the molecule is Cc1ccc(Cl)cc1Nc1ccc(N)cc1C(=O)N1CCCC1. The number of aryl methyl sites for hydroxylation is 1. The number of hydrogen-bond donors (Lipinski definition) is 2. The van der Waals surface area contributed by atoms with Gasteiger partial charge in [0.05, 0.1) is 11.3 Å². The molecule has 0 atom stereocenters. The Morgan fingerprint density at radius 2 is 1.87 bits per heavy atom. The molecule has 120 valence electrons. The quantitative estimate of drug-likeness (QED) is 0.829. The van der Waals surface area contributed by atoms with Crippen LogP contribution in [0.15, 0.2) is 36.4 Å². The number of hydrogen-bond acceptors (Lipinski definition) is 3. The van der Waals surface area contributed by atoms with E-state index < -0.39 is 0 Å². The van der Waals surface area contributed by atoms with Gasteiger partial charge in [-0.15, -0.1) is 0 Å². The first-order valence-corrected chi connectivity index (χ1v) is 8.14. The molecule has 0 saturated carbocycles. The van der Waals surface area contributed by atoms with E-state index in [-0.39, 0.29) is 5.91 Å². The zero-order chi connectivity index (χ0) is 16.4. The van der Waals surface area contributed by atoms with Crippen LogP contribution in [-0.2, 0) is 0 Å². The minimum Gasteiger partial charge on any atom is -0.399 e. The van der Waals surface area contributed by atoms with Crippen molar-refractivity contribution in [2.45, 2.75) is 19.8 Å². The van der Waals surface area contributed by atoms with Crippen LogP contribution in [0.2, 0.25) is 5.02 Å². The number of nitrogens with two attached hydrogens (primary N) is 1. The molecule has 1 aliphatic rings. The molecule has 2 aromatic rings. The number of likely N-dealkylation sites (tertiary alicyclic amines) is 1. The molecule has 5 heteroatoms. The van der Waals surface area contributed by atoms with E-state index in [4.69, 9.17) is 17.3 Å². The molecule has 23 heavy (non-hydrogen) atoms. The Morgan fingerprint density at radius 1 is 1.13 bits per heavy atom. The second kappa shape index (κ2) is 6.50. The Balaban J connectivity index is 1.95. The van der Waals surface area contributed by atoms with Crippen LogP contribution in [0.25, 0.3) is 0 Å². The van der Waals surface area contributed by atoms with E-state index in [9.17, 15) is 4.79 Å². The van der Waals surface area contributed by atoms with Crippen molar-refractivity contribution in [3.05, 3.63) is 52.5 Å². The van der Waals surface area contributed by atoms with Crippen LogP contribution >= 0.6 is 11.6 Å². The van der Waals surface area contributed by atoms with Crippen LogP contribution in [0.3, 0.4) is 0 Å². The molecule has 1 heterocycles. The predicted molar refractivity (Wildman–Crippen MR) is 95.5 cm³/mol. The molecular formula is C18H20ClN3O. The van der Waals surface area contributed by atoms with Gasteiger partial charge in [-0.2, -0.15) is 0 Å². The molecule has 0 unspecified atom stereocenters. The Hall–Kier alpha value is -2.20. The van der Waals surface area contributed by atoms with E-state index in [2.05, 4.69) is 5.32 Å². The van der Waals surface area contributed by atoms with Gasteiger partial charge in [0, 0.05) is 29.5 Å². The molecule has 1 fully saturated rings. The number of nitrogens with one attached hydrogen (secondary N) is 1. The number of benzene rings is 2. The van der Waals surface area contributed by atoms with Gasteiger partial charge in [-0.1, -0.05) is 17.7 Å². The summed E-state index contributed by atoms with van der Waals surface area (Å²) in [6.45, 7) is 3.62. The third-order valence-corrected chi connectivity index (χ3v) is 4.37. The first kappa shape index (κ1) is 15.7. The normalized spacial score (nSPS) is 14.1. The van der Waals surface area contributed by atoms with Gasteiger partial charge in [0.25, 0.3) is 5.91 Å². The Kier molecular flexibility index (Phi) is 4.44. The van der Waals surface area contributed by atoms with Crippen molar-refractivity contribution in [1.29, 1.82) is 0 Å². The Morgan fingerprint density at radius 3 is 2.61 bits per heavy atom. The second-order valence-corrected chi connectivity index (χ2v) is 6.33. The summed E-state index contributed by atoms with van der Waals surface area (Å²) in [6.07, 6.45) is 2.12. The summed E-state index contributed by atoms with van der Waals surface area (Å²) in [5.41, 5.74) is 9.78. The van der Waals surface area contributed by atoms with Gasteiger partial charge >= 0.3 is 0 Å². The third kappa shape index (κ3) is 3.42. The average molecular weight is 330 g/mol. The highest BCUT2D eigenvalue weighted by molar-refractivity contribution is 6.30. The van der Waals surface area contributed by atoms with E-state index in [0.717, 1.165) is 42.9 Å². The Labute approximate surface area is 141 Å². The van der Waals surface area contributed by atoms with Gasteiger partial charge < -0.3 is 16.0 Å². The van der Waals surface area contributed by atoms with Crippen molar-refractivity contribution in [2.24, 2.45) is 0 Å². The summed E-state index contributed by atoms with van der Waals surface area (Å²) in [6, 6.07) is 11.0. The standard InChI is InChI=1S/C18H20ClN3O/c1-12-4-5-13(19)10-17(12)21-16-7-6-14(20)11-15(16)18(23)22-8-2-3-9-22/h4-7,10-11,21H,2-3,8-9,20H2,1H3. The van der Waals surface area contributed by atoms with Crippen LogP contribution in [0.4, 0.5) is 17.1 Å². The van der Waals surface area contributed by atoms with Crippen LogP contribution in [-0.4, -0.2) is 23.9 Å². The monoisotopic (exact) mass is 329 g/mol. The molecule has 4 nitrogen and oxygen atoms in total. The van der Waals surface area contributed by atoms with Crippen molar-refractivity contribution in [3.63, 3.8) is 0 Å². The molecule has 0 aromatic heterocycles. The zero-order valence-electron chi connectivity index (χ0n) is 13.1. The number of carbonyl (C=O) groups is 1. The van der Waals surface area contributed by atoms with Gasteiger partial charge in [0.2, 0.25) is 0 Å². The number of carbonyl (C=O) groups excluding carboxylic acids is 1. The number of halogens is 1. The van der Waals surface area contributed by atoms with Gasteiger partial charge in [0.1, 0.15) is 0 Å². The Bertz CT molecular complexity index is 739. The summed E-state index contributed by atoms with van der Waals surface area (Å²) < 4.78 is 0. The van der Waals surface area contributed by atoms with Crippen molar-refractivity contribution in [1.82, 2.24) is 4.90 Å². The molecule has 3 N–H and O–H groups in total. The molecule has 2 aromatic carbocycles. The number of nitrogens with zero attached hydrogens (tertiary/aromatic N) is 1. The van der Waals surface area contributed by atoms with Gasteiger partial charge in [-0.05, 0) is 55.7 Å². The number of amides is 1. The fraction of sp³-hybridized carbons (Fsp3) is 0.278. The van der Waals surface area contributed by atoms with E-state index in [1.807, 2.05) is 36.1 Å². The van der Waals surface area contributed by atoms with Crippen molar-refractivity contribution in [3.8, 4) is 0 Å². The fourth-order valence-electron chi connectivity index (χ4n) is 2.81. The lowest BCUT2D eigenvalue weighted by atomic mass is 10.1. The minimum absolute atomic E-state index is 0.0250. The molecule has 0 spiro atoms. The summed E-state index contributed by atoms with van der Waals surface area (Å²) in [5.74, 6) is 0.0250. The summed E-state index contributed by atoms with van der Waals surface area (Å²) in [7, 11) is 0. The smallest absolute Gasteiger partial charge is 0.256 e. The first-order valence-electron chi connectivity index (χ1n) is 7.76. The highest BCUT2D eigenvalue weighted by Gasteiger charge is 2.22. The van der Waals surface area contributed by atoms with Gasteiger partial charge in [0.15, 0.2) is 0 Å². The summed E-state index contributed by atoms with van der Waals surface area (Å²) in [5, 5.41) is 3.98. The predicted octanol–water partition coefficient (Wildman–Crippen LogP) is 4.21. The molecule has 0 radical (unpaired) electrons. The minimum atomic E-state index is 0.0250. The maximum atomic E-state index is 12.8. The molecule has 0 aliphatic carbocycles. The van der Waals surface area contributed by atoms with E-state index in [1.54, 1.807) is 12.1 Å². The number of anilines is 3. The summed E-state index contributed by atoms with van der Waals surface area (Å²) >= 11 is 6.08. The lowest BCUT2D eigenvalue weighted by molar-refractivity contribution is 0.0794. The van der Waals surface area contributed by atoms with E-state index >= 15 is 0 Å². The lowest BCUT2D eigenvalue weighted by Crippen LogP contribution is -2.28.